The summed E-state index contributed by atoms with van der Waals surface area (Å²) in [5, 5.41) is 18.7. The third kappa shape index (κ3) is 8.05. The van der Waals surface area contributed by atoms with Crippen molar-refractivity contribution in [2.45, 2.75) is 51.7 Å². The molecule has 0 aromatic rings. The molecule has 0 aliphatic carbocycles. The zero-order valence-corrected chi connectivity index (χ0v) is 11.7. The summed E-state index contributed by atoms with van der Waals surface area (Å²) < 4.78 is 0. The lowest BCUT2D eigenvalue weighted by Crippen LogP contribution is -2.41. The van der Waals surface area contributed by atoms with Crippen molar-refractivity contribution in [3.8, 4) is 0 Å². The monoisotopic (exact) mass is 294 g/mol. The largest absolute Gasteiger partial charge is 0.378 e. The molecule has 0 rings (SSSR count). The first-order valence-electron chi connectivity index (χ1n) is 6.57. The maximum Gasteiger partial charge on any atom is 0.373 e. The normalized spacial score (nSPS) is 13.6. The lowest BCUT2D eigenvalue weighted by Gasteiger charge is -2.14. The molecule has 118 valence electrons. The summed E-state index contributed by atoms with van der Waals surface area (Å²) in [6.45, 7) is 4.15. The Morgan fingerprint density at radius 1 is 0.850 bits per heavy atom. The molecule has 0 radical (unpaired) electrons. The summed E-state index contributed by atoms with van der Waals surface area (Å²) in [6.07, 6.45) is -1.19. The van der Waals surface area contributed by atoms with Crippen LogP contribution in [0.5, 0.6) is 0 Å². The van der Waals surface area contributed by atoms with Crippen LogP contribution in [0.2, 0.25) is 0 Å². The van der Waals surface area contributed by atoms with Gasteiger partial charge in [-0.2, -0.15) is 9.78 Å². The fourth-order valence-electron chi connectivity index (χ4n) is 0.962. The molecule has 2 atom stereocenters. The van der Waals surface area contributed by atoms with E-state index < -0.39 is 24.1 Å². The van der Waals surface area contributed by atoms with E-state index in [0.717, 1.165) is 12.8 Å². The number of hydrogen-bond donors (Lipinski definition) is 2. The highest BCUT2D eigenvalue weighted by Gasteiger charge is 2.34. The first kappa shape index (κ1) is 18.8. The van der Waals surface area contributed by atoms with E-state index in [1.54, 1.807) is 0 Å². The van der Waals surface area contributed by atoms with Gasteiger partial charge in [-0.25, -0.2) is 9.59 Å². The molecule has 0 aromatic carbocycles. The highest BCUT2D eigenvalue weighted by Crippen LogP contribution is 2.02. The molecule has 0 saturated heterocycles. The molecule has 2 N–H and O–H groups in total. The number of aliphatic hydroxyl groups excluding tert-OH is 2. The lowest BCUT2D eigenvalue weighted by atomic mass is 10.2. The fourth-order valence-corrected chi connectivity index (χ4v) is 0.962. The number of hydrogen-bond acceptors (Lipinski definition) is 8. The molecule has 20 heavy (non-hydrogen) atoms. The molecule has 0 fully saturated rings. The van der Waals surface area contributed by atoms with Crippen molar-refractivity contribution in [1.29, 1.82) is 0 Å². The van der Waals surface area contributed by atoms with E-state index >= 15 is 0 Å². The van der Waals surface area contributed by atoms with Gasteiger partial charge in [0.25, 0.3) is 0 Å². The van der Waals surface area contributed by atoms with Crippen molar-refractivity contribution < 1.29 is 39.4 Å². The molecule has 0 spiro atoms. The predicted octanol–water partition coefficient (Wildman–Crippen LogP) is 0.258. The molecule has 0 bridgehead atoms. The van der Waals surface area contributed by atoms with E-state index in [1.807, 2.05) is 13.8 Å². The average Bonchev–Trinajstić information content (AvgIpc) is 2.46. The Morgan fingerprint density at radius 2 is 1.20 bits per heavy atom. The van der Waals surface area contributed by atoms with Crippen LogP contribution in [0.1, 0.15) is 39.5 Å². The number of rotatable bonds is 11. The first-order chi connectivity index (χ1) is 9.54. The van der Waals surface area contributed by atoms with E-state index in [2.05, 4.69) is 19.6 Å². The smallest absolute Gasteiger partial charge is 0.373 e. The van der Waals surface area contributed by atoms with Crippen LogP contribution in [0.25, 0.3) is 0 Å². The maximum atomic E-state index is 11.2. The van der Waals surface area contributed by atoms with E-state index in [4.69, 9.17) is 0 Å². The second kappa shape index (κ2) is 11.6. The van der Waals surface area contributed by atoms with E-state index in [9.17, 15) is 19.8 Å². The molecule has 0 heterocycles. The van der Waals surface area contributed by atoms with E-state index in [-0.39, 0.29) is 13.2 Å². The van der Waals surface area contributed by atoms with Crippen LogP contribution in [-0.2, 0) is 29.1 Å². The van der Waals surface area contributed by atoms with Gasteiger partial charge in [0.1, 0.15) is 0 Å². The Morgan fingerprint density at radius 3 is 1.50 bits per heavy atom. The molecular weight excluding hydrogens is 272 g/mol. The molecule has 8 nitrogen and oxygen atoms in total. The van der Waals surface area contributed by atoms with Gasteiger partial charge in [0.15, 0.2) is 12.2 Å². The molecule has 0 aromatic heterocycles. The maximum absolute atomic E-state index is 11.2. The minimum Gasteiger partial charge on any atom is -0.378 e. The van der Waals surface area contributed by atoms with E-state index in [0.29, 0.717) is 12.8 Å². The van der Waals surface area contributed by atoms with Gasteiger partial charge >= 0.3 is 11.9 Å². The van der Waals surface area contributed by atoms with Crippen molar-refractivity contribution in [3.63, 3.8) is 0 Å². The minimum atomic E-state index is -2.10. The van der Waals surface area contributed by atoms with Gasteiger partial charge in [-0.15, -0.1) is 0 Å². The quantitative estimate of drug-likeness (QED) is 0.317. The average molecular weight is 294 g/mol. The number of carbonyl (C=O) groups excluding carboxylic acids is 2. The Kier molecular flexibility index (Phi) is 10.9. The highest BCUT2D eigenvalue weighted by atomic mass is 17.2. The van der Waals surface area contributed by atoms with Gasteiger partial charge in [-0.1, -0.05) is 26.7 Å². The Hall–Kier alpha value is -1.22. The molecule has 0 aliphatic rings. The van der Waals surface area contributed by atoms with Gasteiger partial charge < -0.3 is 10.2 Å². The summed E-state index contributed by atoms with van der Waals surface area (Å²) in [4.78, 5) is 39.9. The lowest BCUT2D eigenvalue weighted by molar-refractivity contribution is -0.291. The molecule has 8 heteroatoms. The van der Waals surface area contributed by atoms with Crippen molar-refractivity contribution in [2.75, 3.05) is 13.2 Å². The molecule has 0 amide bonds. The Bertz CT molecular complexity index is 253. The summed E-state index contributed by atoms with van der Waals surface area (Å²) in [5.74, 6) is -2.56. The minimum absolute atomic E-state index is 0.162. The van der Waals surface area contributed by atoms with Crippen LogP contribution < -0.4 is 0 Å². The molecule has 0 saturated carbocycles. The van der Waals surface area contributed by atoms with Crippen molar-refractivity contribution in [2.24, 2.45) is 0 Å². The van der Waals surface area contributed by atoms with Crippen LogP contribution in [0.4, 0.5) is 0 Å². The van der Waals surface area contributed by atoms with Crippen LogP contribution in [0.3, 0.4) is 0 Å². The number of carbonyl (C=O) groups is 2. The van der Waals surface area contributed by atoms with Crippen molar-refractivity contribution in [3.05, 3.63) is 0 Å². The Balaban J connectivity index is 3.95. The zero-order chi connectivity index (χ0) is 15.4. The fraction of sp³-hybridized carbons (Fsp3) is 0.833. The van der Waals surface area contributed by atoms with Gasteiger partial charge in [0.2, 0.25) is 0 Å². The summed E-state index contributed by atoms with van der Waals surface area (Å²) in [5.41, 5.74) is 0. The highest BCUT2D eigenvalue weighted by molar-refractivity contribution is 5.84. The standard InChI is InChI=1S/C12H22O8/c1-3-5-7-17-19-11(15)9(13)10(14)12(16)20-18-8-6-4-2/h9-10,13-14H,3-8H2,1-2H3. The number of aliphatic hydroxyl groups is 2. The second-order valence-corrected chi connectivity index (χ2v) is 4.05. The summed E-state index contributed by atoms with van der Waals surface area (Å²) in [6, 6.07) is 0. The Labute approximate surface area is 117 Å². The van der Waals surface area contributed by atoms with Crippen LogP contribution >= 0.6 is 0 Å². The van der Waals surface area contributed by atoms with Crippen molar-refractivity contribution >= 4 is 11.9 Å². The SMILES string of the molecule is CCCCOOC(=O)C(O)C(O)C(=O)OOCCCC. The predicted molar refractivity (Wildman–Crippen MR) is 65.9 cm³/mol. The van der Waals surface area contributed by atoms with Crippen LogP contribution in [-0.4, -0.2) is 47.6 Å². The summed E-state index contributed by atoms with van der Waals surface area (Å²) in [7, 11) is 0. The van der Waals surface area contributed by atoms with Gasteiger partial charge in [-0.3, -0.25) is 9.78 Å². The third-order valence-electron chi connectivity index (χ3n) is 2.23. The molecule has 0 aliphatic heterocycles. The first-order valence-corrected chi connectivity index (χ1v) is 6.57. The van der Waals surface area contributed by atoms with Crippen molar-refractivity contribution in [1.82, 2.24) is 0 Å². The topological polar surface area (TPSA) is 112 Å². The van der Waals surface area contributed by atoms with Gasteiger partial charge in [-0.05, 0) is 12.8 Å². The molecule has 2 unspecified atom stereocenters. The van der Waals surface area contributed by atoms with E-state index in [1.165, 1.54) is 0 Å². The zero-order valence-electron chi connectivity index (χ0n) is 11.7. The number of unbranched alkanes of at least 4 members (excludes halogenated alkanes) is 2. The van der Waals surface area contributed by atoms with Gasteiger partial charge in [0.05, 0.1) is 13.2 Å². The van der Waals surface area contributed by atoms with Crippen LogP contribution in [0, 0.1) is 0 Å². The second-order valence-electron chi connectivity index (χ2n) is 4.05. The van der Waals surface area contributed by atoms with Gasteiger partial charge in [0, 0.05) is 0 Å². The molecular formula is C12H22O8. The summed E-state index contributed by atoms with van der Waals surface area (Å²) >= 11 is 0. The third-order valence-corrected chi connectivity index (χ3v) is 2.23. The van der Waals surface area contributed by atoms with Crippen LogP contribution in [0.15, 0.2) is 0 Å².